The minimum Gasteiger partial charge on any atom is -0.507 e. The van der Waals surface area contributed by atoms with E-state index in [1.807, 2.05) is 36.4 Å². The average Bonchev–Trinajstić information content (AvgIpc) is 3.50. The maximum atomic E-state index is 12.6. The van der Waals surface area contributed by atoms with Crippen LogP contribution < -0.4 is 10.6 Å². The molecule has 3 aromatic carbocycles. The van der Waals surface area contributed by atoms with Gasteiger partial charge in [-0.05, 0) is 53.3 Å². The highest BCUT2D eigenvalue weighted by Crippen LogP contribution is 2.44. The van der Waals surface area contributed by atoms with Gasteiger partial charge < -0.3 is 25.6 Å². The third-order valence-corrected chi connectivity index (χ3v) is 6.57. The van der Waals surface area contributed by atoms with E-state index in [4.69, 9.17) is 9.84 Å². The summed E-state index contributed by atoms with van der Waals surface area (Å²) in [7, 11) is 0. The molecule has 0 aliphatic heterocycles. The van der Waals surface area contributed by atoms with Crippen LogP contribution in [0.5, 0.6) is 5.75 Å². The fourth-order valence-corrected chi connectivity index (χ4v) is 4.65. The van der Waals surface area contributed by atoms with Crippen molar-refractivity contribution in [3.63, 3.8) is 0 Å². The Balaban J connectivity index is 1.18. The van der Waals surface area contributed by atoms with Crippen molar-refractivity contribution in [3.8, 4) is 16.9 Å². The Morgan fingerprint density at radius 3 is 2.17 bits per heavy atom. The summed E-state index contributed by atoms with van der Waals surface area (Å²) in [6.45, 7) is 0.188. The van der Waals surface area contributed by atoms with Crippen molar-refractivity contribution < 1.29 is 29.3 Å². The van der Waals surface area contributed by atoms with E-state index in [9.17, 15) is 19.5 Å². The van der Waals surface area contributed by atoms with Gasteiger partial charge >= 0.3 is 12.1 Å². The van der Waals surface area contributed by atoms with Crippen LogP contribution in [0.1, 0.15) is 46.7 Å². The predicted molar refractivity (Wildman–Crippen MR) is 128 cm³/mol. The number of alkyl carbamates (subject to hydrolysis) is 1. The Bertz CT molecular complexity index is 1290. The number of carbonyl (C=O) groups excluding carboxylic acids is 2. The molecule has 8 nitrogen and oxygen atoms in total. The fraction of sp³-hybridized carbons (Fsp3) is 0.222. The lowest BCUT2D eigenvalue weighted by atomic mass is 9.98. The second-order valence-electron chi connectivity index (χ2n) is 8.99. The summed E-state index contributed by atoms with van der Waals surface area (Å²) in [6.07, 6.45) is 0.733. The molecule has 0 atom stereocenters. The van der Waals surface area contributed by atoms with Crippen molar-refractivity contribution in [3.05, 3.63) is 83.4 Å². The molecule has 35 heavy (non-hydrogen) atoms. The van der Waals surface area contributed by atoms with E-state index in [2.05, 4.69) is 22.8 Å². The molecule has 1 saturated carbocycles. The van der Waals surface area contributed by atoms with Crippen LogP contribution in [0, 0.1) is 0 Å². The number of benzene rings is 3. The zero-order chi connectivity index (χ0) is 24.6. The highest BCUT2D eigenvalue weighted by molar-refractivity contribution is 5.96. The summed E-state index contributed by atoms with van der Waals surface area (Å²) < 4.78 is 5.60. The standard InChI is InChI=1S/C27H24N2O6/c30-23-10-9-16(13-21(23)25(32)33)28-24(31)14-27(11-12-27)29-26(34)35-15-22-19-7-3-1-5-17(19)18-6-2-4-8-20(18)22/h1-10,13,22,30H,11-12,14-15H2,(H,28,31)(H,29,34)(H,32,33). The first-order chi connectivity index (χ1) is 16.8. The Morgan fingerprint density at radius 2 is 1.57 bits per heavy atom. The number of carboxylic acids is 1. The van der Waals surface area contributed by atoms with E-state index in [1.54, 1.807) is 0 Å². The molecule has 0 unspecified atom stereocenters. The molecule has 0 radical (unpaired) electrons. The molecule has 0 aromatic heterocycles. The van der Waals surface area contributed by atoms with Gasteiger partial charge in [-0.3, -0.25) is 4.79 Å². The lowest BCUT2D eigenvalue weighted by Crippen LogP contribution is -2.40. The maximum Gasteiger partial charge on any atom is 0.407 e. The Kier molecular flexibility index (Phi) is 5.64. The molecule has 2 aliphatic rings. The van der Waals surface area contributed by atoms with E-state index >= 15 is 0 Å². The quantitative estimate of drug-likeness (QED) is 0.376. The molecule has 4 N–H and O–H groups in total. The van der Waals surface area contributed by atoms with Crippen molar-refractivity contribution in [1.82, 2.24) is 5.32 Å². The Morgan fingerprint density at radius 1 is 0.943 bits per heavy atom. The summed E-state index contributed by atoms with van der Waals surface area (Å²) in [5.41, 5.74) is 3.80. The number of carbonyl (C=O) groups is 3. The van der Waals surface area contributed by atoms with E-state index in [0.717, 1.165) is 22.3 Å². The molecule has 5 rings (SSSR count). The Labute approximate surface area is 201 Å². The summed E-state index contributed by atoms with van der Waals surface area (Å²) in [4.78, 5) is 36.3. The van der Waals surface area contributed by atoms with Gasteiger partial charge in [0.25, 0.3) is 0 Å². The highest BCUT2D eigenvalue weighted by atomic mass is 16.5. The van der Waals surface area contributed by atoms with Crippen LogP contribution in [-0.4, -0.2) is 40.3 Å². The van der Waals surface area contributed by atoms with Gasteiger partial charge in [0.05, 0.1) is 12.0 Å². The van der Waals surface area contributed by atoms with Gasteiger partial charge in [0.1, 0.15) is 17.9 Å². The number of phenols is 1. The molecule has 1 fully saturated rings. The molecule has 3 aromatic rings. The van der Waals surface area contributed by atoms with Crippen molar-refractivity contribution >= 4 is 23.7 Å². The topological polar surface area (TPSA) is 125 Å². The largest absolute Gasteiger partial charge is 0.507 e. The molecule has 0 bridgehead atoms. The van der Waals surface area contributed by atoms with Gasteiger partial charge in [0, 0.05) is 11.6 Å². The molecule has 0 saturated heterocycles. The molecule has 0 heterocycles. The van der Waals surface area contributed by atoms with Crippen molar-refractivity contribution in [2.75, 3.05) is 11.9 Å². The number of carboxylic acid groups (broad SMARTS) is 1. The van der Waals surface area contributed by atoms with Gasteiger partial charge in [0.2, 0.25) is 5.91 Å². The van der Waals surface area contributed by atoms with Crippen LogP contribution >= 0.6 is 0 Å². The molecule has 2 aliphatic carbocycles. The van der Waals surface area contributed by atoms with Crippen LogP contribution in [0.15, 0.2) is 66.7 Å². The number of ether oxygens (including phenoxy) is 1. The SMILES string of the molecule is O=C(CC1(NC(=O)OCC2c3ccccc3-c3ccccc32)CC1)Nc1ccc(O)c(C(=O)O)c1. The van der Waals surface area contributed by atoms with Gasteiger partial charge in [-0.25, -0.2) is 9.59 Å². The summed E-state index contributed by atoms with van der Waals surface area (Å²) >= 11 is 0. The van der Waals surface area contributed by atoms with Gasteiger partial charge in [-0.15, -0.1) is 0 Å². The monoisotopic (exact) mass is 472 g/mol. The number of amides is 2. The first-order valence-corrected chi connectivity index (χ1v) is 11.3. The van der Waals surface area contributed by atoms with E-state index in [0.29, 0.717) is 12.8 Å². The summed E-state index contributed by atoms with van der Waals surface area (Å²) in [5, 5.41) is 24.2. The van der Waals surface area contributed by atoms with Crippen LogP contribution in [-0.2, 0) is 9.53 Å². The zero-order valence-electron chi connectivity index (χ0n) is 18.8. The van der Waals surface area contributed by atoms with Gasteiger partial charge in [-0.2, -0.15) is 0 Å². The van der Waals surface area contributed by atoms with Crippen molar-refractivity contribution in [1.29, 1.82) is 0 Å². The number of aromatic hydroxyl groups is 1. The number of hydrogen-bond donors (Lipinski definition) is 4. The molecule has 2 amide bonds. The summed E-state index contributed by atoms with van der Waals surface area (Å²) in [6, 6.07) is 20.0. The third kappa shape index (κ3) is 4.55. The van der Waals surface area contributed by atoms with E-state index < -0.39 is 17.6 Å². The Hall–Kier alpha value is -4.33. The smallest absolute Gasteiger partial charge is 0.407 e. The van der Waals surface area contributed by atoms with Crippen molar-refractivity contribution in [2.24, 2.45) is 0 Å². The third-order valence-electron chi connectivity index (χ3n) is 6.57. The minimum absolute atomic E-state index is 0.0283. The number of nitrogens with one attached hydrogen (secondary N) is 2. The molecule has 0 spiro atoms. The number of aromatic carboxylic acids is 1. The fourth-order valence-electron chi connectivity index (χ4n) is 4.65. The first kappa shape index (κ1) is 22.5. The average molecular weight is 472 g/mol. The molecule has 8 heteroatoms. The van der Waals surface area contributed by atoms with Crippen LogP contribution in [0.3, 0.4) is 0 Å². The number of fused-ring (bicyclic) bond motifs is 3. The van der Waals surface area contributed by atoms with Gasteiger partial charge in [0.15, 0.2) is 0 Å². The van der Waals surface area contributed by atoms with E-state index in [-0.39, 0.29) is 41.9 Å². The molecular weight excluding hydrogens is 448 g/mol. The zero-order valence-corrected chi connectivity index (χ0v) is 18.8. The summed E-state index contributed by atoms with van der Waals surface area (Å²) in [5.74, 6) is -2.10. The lowest BCUT2D eigenvalue weighted by molar-refractivity contribution is -0.116. The normalized spacial score (nSPS) is 15.0. The van der Waals surface area contributed by atoms with Gasteiger partial charge in [-0.1, -0.05) is 48.5 Å². The number of anilines is 1. The second kappa shape index (κ2) is 8.79. The van der Waals surface area contributed by atoms with Crippen molar-refractivity contribution in [2.45, 2.75) is 30.7 Å². The molecular formula is C27H24N2O6. The second-order valence-corrected chi connectivity index (χ2v) is 8.99. The van der Waals surface area contributed by atoms with Crippen LogP contribution in [0.4, 0.5) is 10.5 Å². The predicted octanol–water partition coefficient (Wildman–Crippen LogP) is 4.49. The number of rotatable bonds is 7. The molecule has 178 valence electrons. The van der Waals surface area contributed by atoms with Crippen LogP contribution in [0.2, 0.25) is 0 Å². The highest BCUT2D eigenvalue weighted by Gasteiger charge is 2.46. The van der Waals surface area contributed by atoms with E-state index in [1.165, 1.54) is 18.2 Å². The first-order valence-electron chi connectivity index (χ1n) is 11.3. The maximum absolute atomic E-state index is 12.6. The lowest BCUT2D eigenvalue weighted by Gasteiger charge is -2.19. The minimum atomic E-state index is -1.30. The number of hydrogen-bond acceptors (Lipinski definition) is 5. The van der Waals surface area contributed by atoms with Crippen LogP contribution in [0.25, 0.3) is 11.1 Å².